The average molecular weight is 1220 g/mol. The first-order valence-electron chi connectivity index (χ1n) is 27.8. The first kappa shape index (κ1) is 71.6. The molecule has 1 saturated carbocycles. The topological polar surface area (TPSA) is 427 Å². The molecule has 3 heterocycles. The quantitative estimate of drug-likeness (QED) is 0.0993. The molecule has 19 atom stereocenters. The Morgan fingerprint density at radius 1 is 0.369 bits per heavy atom. The van der Waals surface area contributed by atoms with Crippen LogP contribution in [0.15, 0.2) is 0 Å². The van der Waals surface area contributed by atoms with Crippen LogP contribution in [-0.2, 0) is 56.8 Å². The van der Waals surface area contributed by atoms with Crippen LogP contribution < -0.4 is 31.9 Å². The lowest BCUT2D eigenvalue weighted by molar-refractivity contribution is -0.311. The highest BCUT2D eigenvalue weighted by Gasteiger charge is 2.57. The number of rotatable bonds is 15. The van der Waals surface area contributed by atoms with Crippen LogP contribution in [0, 0.1) is 0 Å². The molecular formula is C53H94N6O25. The van der Waals surface area contributed by atoms with Gasteiger partial charge < -0.3 is 124 Å². The lowest BCUT2D eigenvalue weighted by Gasteiger charge is -2.49. The Bertz CT molecular complexity index is 2200. The summed E-state index contributed by atoms with van der Waals surface area (Å²) in [7, 11) is 0. The molecule has 0 radical (unpaired) electrons. The molecule has 13 N–H and O–H groups in total. The average Bonchev–Trinajstić information content (AvgIpc) is 2.85. The second-order valence-electron chi connectivity index (χ2n) is 26.9. The molecule has 84 heavy (non-hydrogen) atoms. The van der Waals surface area contributed by atoms with Crippen LogP contribution in [0.5, 0.6) is 0 Å². The van der Waals surface area contributed by atoms with Gasteiger partial charge in [0.2, 0.25) is 0 Å². The van der Waals surface area contributed by atoms with Gasteiger partial charge in [-0.3, -0.25) is 0 Å². The predicted molar refractivity (Wildman–Crippen MR) is 289 cm³/mol. The first-order valence-corrected chi connectivity index (χ1v) is 27.8. The molecule has 31 nitrogen and oxygen atoms in total. The van der Waals surface area contributed by atoms with Crippen molar-refractivity contribution in [1.29, 1.82) is 0 Å². The number of aliphatic hydroxyl groups excluding tert-OH is 7. The van der Waals surface area contributed by atoms with E-state index in [9.17, 15) is 64.5 Å². The Labute approximate surface area is 489 Å². The summed E-state index contributed by atoms with van der Waals surface area (Å²) in [6.45, 7) is 26.4. The first-order chi connectivity index (χ1) is 38.2. The van der Waals surface area contributed by atoms with Crippen molar-refractivity contribution in [2.75, 3.05) is 19.7 Å². The molecule has 3 saturated heterocycles. The maximum atomic E-state index is 13.8. The summed E-state index contributed by atoms with van der Waals surface area (Å²) in [6, 6.07) is -6.40. The molecule has 6 amide bonds. The van der Waals surface area contributed by atoms with Crippen LogP contribution in [-0.4, -0.2) is 242 Å². The molecule has 0 bridgehead atoms. The predicted octanol–water partition coefficient (Wildman–Crippen LogP) is 0.501. The minimum absolute atomic E-state index is 0.432. The SMILES string of the molecule is CC(C)(C)OC(=O)NCC1OC(OC2C(CO)OC(OC3C(O)C(NC(=O)OC(C)(C)C)CC(NC(=O)OC(C)(C)C)C3OC3OC(CNC(=O)OC(C)(C)C)C(O)C(O)C3NC(=O)OC(C)(C)C)C2O)C(NC(=O)OC(C)(C)C)C(O)C1O. The number of carbonyl (C=O) groups is 6. The Hall–Kier alpha value is -4.90. The number of hydrogen-bond donors (Lipinski definition) is 13. The fourth-order valence-corrected chi connectivity index (χ4v) is 8.95. The van der Waals surface area contributed by atoms with E-state index in [0.717, 1.165) is 0 Å². The number of hydrogen-bond acceptors (Lipinski definition) is 25. The van der Waals surface area contributed by atoms with Crippen LogP contribution in [0.25, 0.3) is 0 Å². The van der Waals surface area contributed by atoms with Gasteiger partial charge in [-0.25, -0.2) is 28.8 Å². The Kier molecular flexibility index (Phi) is 24.1. The van der Waals surface area contributed by atoms with Crippen molar-refractivity contribution in [3.8, 4) is 0 Å². The highest BCUT2D eigenvalue weighted by molar-refractivity contribution is 5.70. The van der Waals surface area contributed by atoms with Crippen LogP contribution in [0.1, 0.15) is 131 Å². The molecule has 4 aliphatic rings. The van der Waals surface area contributed by atoms with Gasteiger partial charge in [-0.15, -0.1) is 0 Å². The van der Waals surface area contributed by atoms with Gasteiger partial charge in [0.15, 0.2) is 18.9 Å². The zero-order valence-electron chi connectivity index (χ0n) is 51.3. The summed E-state index contributed by atoms with van der Waals surface area (Å²) in [5.41, 5.74) is -6.28. The van der Waals surface area contributed by atoms with E-state index in [1.54, 1.807) is 125 Å². The highest BCUT2D eigenvalue weighted by Crippen LogP contribution is 2.36. The Morgan fingerprint density at radius 3 is 1.04 bits per heavy atom. The van der Waals surface area contributed by atoms with E-state index in [4.69, 9.17) is 56.8 Å². The lowest BCUT2D eigenvalue weighted by Crippen LogP contribution is -2.70. The van der Waals surface area contributed by atoms with Crippen LogP contribution in [0.4, 0.5) is 28.8 Å². The van der Waals surface area contributed by atoms with Crippen molar-refractivity contribution in [2.24, 2.45) is 0 Å². The number of carbonyl (C=O) groups excluding carboxylic acids is 6. The molecule has 0 aromatic rings. The van der Waals surface area contributed by atoms with Gasteiger partial charge in [-0.05, 0) is 131 Å². The molecule has 4 fully saturated rings. The van der Waals surface area contributed by atoms with Gasteiger partial charge in [0, 0.05) is 13.1 Å². The number of amides is 6. The third kappa shape index (κ3) is 22.4. The van der Waals surface area contributed by atoms with Crippen molar-refractivity contribution < 1.29 is 121 Å². The van der Waals surface area contributed by atoms with Crippen LogP contribution in [0.3, 0.4) is 0 Å². The molecule has 4 rings (SSSR count). The molecular weight excluding hydrogens is 1120 g/mol. The molecule has 0 aromatic carbocycles. The standard InChI is InChI=1S/C53H94N6O25/c1-48(2,3)79-42(67)54-20-25-31(62)33(64)28(58-46(71)83-52(13,14)15)39(73-25)76-36-24(57-45(70)82-51(10,11)12)19-23(56-44(69)81-50(7,8)9)30(61)38(36)78-41-35(66)37(27(22-60)75-41)77-40-29(59-47(72)84-53(16,17)18)34(65)32(63)26(74-40)21-55-43(68)80-49(4,5)6/h23-41,60-66H,19-22H2,1-18H3,(H,54,67)(H,55,68)(H,56,69)(H,57,70)(H,58,71)(H,59,72). The largest absolute Gasteiger partial charge is 0.444 e. The molecule has 1 aliphatic carbocycles. The Morgan fingerprint density at radius 2 is 0.679 bits per heavy atom. The summed E-state index contributed by atoms with van der Waals surface area (Å²) >= 11 is 0. The van der Waals surface area contributed by atoms with Crippen molar-refractivity contribution >= 4 is 36.6 Å². The fourth-order valence-electron chi connectivity index (χ4n) is 8.95. The van der Waals surface area contributed by atoms with E-state index in [0.29, 0.717) is 0 Å². The summed E-state index contributed by atoms with van der Waals surface area (Å²) < 4.78 is 70.3. The van der Waals surface area contributed by atoms with Crippen molar-refractivity contribution in [3.05, 3.63) is 0 Å². The van der Waals surface area contributed by atoms with E-state index < -0.39 is 213 Å². The number of aliphatic hydroxyl groups is 7. The zero-order chi connectivity index (χ0) is 64.0. The molecule has 19 unspecified atom stereocenters. The number of alkyl carbamates (subject to hydrolysis) is 6. The molecule has 3 aliphatic heterocycles. The Balaban J connectivity index is 1.85. The van der Waals surface area contributed by atoms with E-state index in [1.807, 2.05) is 0 Å². The van der Waals surface area contributed by atoms with E-state index in [1.165, 1.54) is 0 Å². The van der Waals surface area contributed by atoms with Gasteiger partial charge in [0.1, 0.15) is 119 Å². The van der Waals surface area contributed by atoms with E-state index in [2.05, 4.69) is 31.9 Å². The number of nitrogens with one attached hydrogen (secondary N) is 6. The zero-order valence-corrected chi connectivity index (χ0v) is 51.3. The molecule has 31 heteroatoms. The monoisotopic (exact) mass is 1210 g/mol. The van der Waals surface area contributed by atoms with Crippen molar-refractivity contribution in [1.82, 2.24) is 31.9 Å². The minimum Gasteiger partial charge on any atom is -0.444 e. The molecule has 0 spiro atoms. The molecule has 0 aromatic heterocycles. The third-order valence-electron chi connectivity index (χ3n) is 12.2. The van der Waals surface area contributed by atoms with Gasteiger partial charge in [-0.2, -0.15) is 0 Å². The summed E-state index contributed by atoms with van der Waals surface area (Å²) in [6.07, 6.45) is -34.3. The van der Waals surface area contributed by atoms with E-state index >= 15 is 0 Å². The summed E-state index contributed by atoms with van der Waals surface area (Å²) in [5, 5.41) is 96.6. The summed E-state index contributed by atoms with van der Waals surface area (Å²) in [4.78, 5) is 79.5. The van der Waals surface area contributed by atoms with Crippen LogP contribution >= 0.6 is 0 Å². The maximum absolute atomic E-state index is 13.8. The van der Waals surface area contributed by atoms with Gasteiger partial charge in [0.25, 0.3) is 0 Å². The second-order valence-corrected chi connectivity index (χ2v) is 26.9. The van der Waals surface area contributed by atoms with Gasteiger partial charge in [-0.1, -0.05) is 0 Å². The smallest absolute Gasteiger partial charge is 0.408 e. The highest BCUT2D eigenvalue weighted by atomic mass is 16.8. The van der Waals surface area contributed by atoms with E-state index in [-0.39, 0.29) is 0 Å². The van der Waals surface area contributed by atoms with Gasteiger partial charge >= 0.3 is 36.6 Å². The van der Waals surface area contributed by atoms with Crippen molar-refractivity contribution in [3.63, 3.8) is 0 Å². The lowest BCUT2D eigenvalue weighted by atomic mass is 9.83. The van der Waals surface area contributed by atoms with Gasteiger partial charge in [0.05, 0.1) is 18.7 Å². The number of ether oxygens (including phenoxy) is 12. The third-order valence-corrected chi connectivity index (χ3v) is 12.2. The second kappa shape index (κ2) is 28.3. The normalized spacial score (nSPS) is 33.3. The van der Waals surface area contributed by atoms with Crippen molar-refractivity contribution in [2.45, 2.75) is 281 Å². The molecule has 486 valence electrons. The van der Waals surface area contributed by atoms with Crippen LogP contribution in [0.2, 0.25) is 0 Å². The summed E-state index contributed by atoms with van der Waals surface area (Å²) in [5.74, 6) is 0. The fraction of sp³-hybridized carbons (Fsp3) is 0.887. The maximum Gasteiger partial charge on any atom is 0.408 e. The minimum atomic E-state index is -2.06.